The van der Waals surface area contributed by atoms with Crippen LogP contribution >= 0.6 is 0 Å². The van der Waals surface area contributed by atoms with Crippen LogP contribution in [0.2, 0.25) is 0 Å². The van der Waals surface area contributed by atoms with Crippen LogP contribution in [0.4, 0.5) is 0 Å². The van der Waals surface area contributed by atoms with Gasteiger partial charge in [-0.25, -0.2) is 0 Å². The van der Waals surface area contributed by atoms with Gasteiger partial charge in [0, 0.05) is 12.0 Å². The minimum atomic E-state index is -0.0336. The maximum absolute atomic E-state index is 13.0. The molecule has 1 N–H and O–H groups in total. The van der Waals surface area contributed by atoms with E-state index >= 15 is 0 Å². The molecule has 0 aliphatic carbocycles. The van der Waals surface area contributed by atoms with Crippen LogP contribution in [0.1, 0.15) is 15.9 Å². The van der Waals surface area contributed by atoms with Crippen molar-refractivity contribution < 1.29 is 14.4 Å². The van der Waals surface area contributed by atoms with Crippen LogP contribution in [0.5, 0.6) is 0 Å². The Labute approximate surface area is 131 Å². The molecule has 0 bridgehead atoms. The molecule has 0 aromatic heterocycles. The fourth-order valence-electron chi connectivity index (χ4n) is 3.06. The Morgan fingerprint density at radius 3 is 2.18 bits per heavy atom. The first-order valence-corrected chi connectivity index (χ1v) is 7.90. The summed E-state index contributed by atoms with van der Waals surface area (Å²) < 4.78 is 5.45. The van der Waals surface area contributed by atoms with Crippen molar-refractivity contribution in [2.24, 2.45) is 0 Å². The predicted octanol–water partition coefficient (Wildman–Crippen LogP) is 1.40. The molecule has 1 atom stereocenters. The molecule has 0 radical (unpaired) electrons. The molecular weight excluding hydrogens is 274 g/mol. The lowest BCUT2D eigenvalue weighted by molar-refractivity contribution is -0.922. The van der Waals surface area contributed by atoms with Gasteiger partial charge in [-0.15, -0.1) is 0 Å². The van der Waals surface area contributed by atoms with Crippen molar-refractivity contribution >= 4 is 5.78 Å². The van der Waals surface area contributed by atoms with Gasteiger partial charge in [0.1, 0.15) is 13.1 Å². The van der Waals surface area contributed by atoms with Crippen LogP contribution in [0.15, 0.2) is 60.7 Å². The standard InChI is InChI=1S/C19H21NO2/c21-19(17-9-5-2-6-10-17)18(20-11-13-22-14-12-20)15-16-7-3-1-4-8-16/h1-10,18H,11-15H2/p+1/t18-/m0/s1. The molecule has 3 heteroatoms. The molecule has 0 saturated carbocycles. The first kappa shape index (κ1) is 14.9. The summed E-state index contributed by atoms with van der Waals surface area (Å²) in [5.41, 5.74) is 2.03. The monoisotopic (exact) mass is 296 g/mol. The van der Waals surface area contributed by atoms with E-state index in [1.54, 1.807) is 0 Å². The van der Waals surface area contributed by atoms with Gasteiger partial charge in [-0.1, -0.05) is 60.7 Å². The van der Waals surface area contributed by atoms with Crippen LogP contribution in [0, 0.1) is 0 Å². The Balaban J connectivity index is 1.83. The lowest BCUT2D eigenvalue weighted by atomic mass is 9.96. The van der Waals surface area contributed by atoms with E-state index in [-0.39, 0.29) is 11.8 Å². The smallest absolute Gasteiger partial charge is 0.220 e. The number of quaternary nitrogens is 1. The van der Waals surface area contributed by atoms with Crippen molar-refractivity contribution in [1.29, 1.82) is 0 Å². The SMILES string of the molecule is O=C(c1ccccc1)[C@H](Cc1ccccc1)[NH+]1CCOCC1. The zero-order chi connectivity index (χ0) is 15.2. The summed E-state index contributed by atoms with van der Waals surface area (Å²) in [5.74, 6) is 0.237. The number of rotatable bonds is 5. The third-order valence-corrected chi connectivity index (χ3v) is 4.29. The van der Waals surface area contributed by atoms with Crippen LogP contribution in [-0.4, -0.2) is 38.1 Å². The van der Waals surface area contributed by atoms with E-state index in [1.807, 2.05) is 48.5 Å². The van der Waals surface area contributed by atoms with Crippen molar-refractivity contribution in [1.82, 2.24) is 0 Å². The van der Waals surface area contributed by atoms with Gasteiger partial charge >= 0.3 is 0 Å². The Bertz CT molecular complexity index is 591. The minimum absolute atomic E-state index is 0.0336. The molecule has 2 aromatic carbocycles. The number of morpholine rings is 1. The summed E-state index contributed by atoms with van der Waals surface area (Å²) in [5, 5.41) is 0. The van der Waals surface area contributed by atoms with Gasteiger partial charge in [0.05, 0.1) is 13.2 Å². The summed E-state index contributed by atoms with van der Waals surface area (Å²) >= 11 is 0. The maximum atomic E-state index is 13.0. The molecule has 0 spiro atoms. The second kappa shape index (κ2) is 7.34. The minimum Gasteiger partial charge on any atom is -0.370 e. The Morgan fingerprint density at radius 2 is 1.55 bits per heavy atom. The third kappa shape index (κ3) is 3.62. The lowest BCUT2D eigenvalue weighted by Gasteiger charge is -2.30. The molecule has 1 heterocycles. The Hall–Kier alpha value is -1.97. The van der Waals surface area contributed by atoms with Crippen LogP contribution < -0.4 is 4.90 Å². The number of carbonyl (C=O) groups is 1. The second-order valence-corrected chi connectivity index (χ2v) is 5.74. The highest BCUT2D eigenvalue weighted by Gasteiger charge is 2.31. The van der Waals surface area contributed by atoms with E-state index in [0.29, 0.717) is 0 Å². The number of Topliss-reactive ketones (excluding diaryl/α,β-unsaturated/α-hetero) is 1. The van der Waals surface area contributed by atoms with Crippen molar-refractivity contribution in [3.05, 3.63) is 71.8 Å². The van der Waals surface area contributed by atoms with Gasteiger partial charge in [0.2, 0.25) is 5.78 Å². The van der Waals surface area contributed by atoms with Gasteiger partial charge in [0.25, 0.3) is 0 Å². The summed E-state index contributed by atoms with van der Waals surface area (Å²) in [6.07, 6.45) is 0.782. The van der Waals surface area contributed by atoms with Gasteiger partial charge in [-0.2, -0.15) is 0 Å². The fraction of sp³-hybridized carbons (Fsp3) is 0.316. The predicted molar refractivity (Wildman–Crippen MR) is 86.2 cm³/mol. The van der Waals surface area contributed by atoms with Gasteiger partial charge in [-0.05, 0) is 5.56 Å². The number of ether oxygens (including phenoxy) is 1. The normalized spacial score (nSPS) is 17.1. The van der Waals surface area contributed by atoms with Crippen molar-refractivity contribution in [3.8, 4) is 0 Å². The molecular formula is C19H22NO2+. The third-order valence-electron chi connectivity index (χ3n) is 4.29. The van der Waals surface area contributed by atoms with E-state index in [1.165, 1.54) is 10.5 Å². The summed E-state index contributed by atoms with van der Waals surface area (Å²) in [7, 11) is 0. The van der Waals surface area contributed by atoms with Gasteiger partial charge < -0.3 is 9.64 Å². The topological polar surface area (TPSA) is 30.7 Å². The summed E-state index contributed by atoms with van der Waals surface area (Å²) in [6.45, 7) is 3.28. The lowest BCUT2D eigenvalue weighted by Crippen LogP contribution is -3.18. The van der Waals surface area contributed by atoms with E-state index < -0.39 is 0 Å². The molecule has 3 nitrogen and oxygen atoms in total. The Kier molecular flexibility index (Phi) is 4.99. The molecule has 114 valence electrons. The number of hydrogen-bond donors (Lipinski definition) is 1. The van der Waals surface area contributed by atoms with Crippen molar-refractivity contribution in [2.45, 2.75) is 12.5 Å². The molecule has 0 amide bonds. The number of carbonyl (C=O) groups excluding carboxylic acids is 1. The number of nitrogens with one attached hydrogen (secondary N) is 1. The quantitative estimate of drug-likeness (QED) is 0.846. The number of hydrogen-bond acceptors (Lipinski definition) is 2. The molecule has 1 saturated heterocycles. The van der Waals surface area contributed by atoms with Gasteiger partial charge in [0.15, 0.2) is 6.04 Å². The molecule has 2 aromatic rings. The summed E-state index contributed by atoms with van der Waals surface area (Å²) in [6, 6.07) is 19.9. The van der Waals surface area contributed by atoms with E-state index in [2.05, 4.69) is 12.1 Å². The van der Waals surface area contributed by atoms with Crippen molar-refractivity contribution in [3.63, 3.8) is 0 Å². The van der Waals surface area contributed by atoms with E-state index in [0.717, 1.165) is 38.3 Å². The first-order chi connectivity index (χ1) is 10.8. The largest absolute Gasteiger partial charge is 0.370 e. The van der Waals surface area contributed by atoms with Crippen LogP contribution in [0.25, 0.3) is 0 Å². The number of ketones is 1. The average Bonchev–Trinajstić information content (AvgIpc) is 2.61. The van der Waals surface area contributed by atoms with Gasteiger partial charge in [-0.3, -0.25) is 4.79 Å². The molecule has 1 aliphatic heterocycles. The molecule has 3 rings (SSSR count). The highest BCUT2D eigenvalue weighted by Crippen LogP contribution is 2.08. The fourth-order valence-corrected chi connectivity index (χ4v) is 3.06. The molecule has 1 aliphatic rings. The Morgan fingerprint density at radius 1 is 0.955 bits per heavy atom. The van der Waals surface area contributed by atoms with Crippen LogP contribution in [0.3, 0.4) is 0 Å². The van der Waals surface area contributed by atoms with Crippen LogP contribution in [-0.2, 0) is 11.2 Å². The zero-order valence-corrected chi connectivity index (χ0v) is 12.7. The highest BCUT2D eigenvalue weighted by molar-refractivity contribution is 5.99. The molecule has 22 heavy (non-hydrogen) atoms. The van der Waals surface area contributed by atoms with E-state index in [9.17, 15) is 4.79 Å². The number of benzene rings is 2. The average molecular weight is 296 g/mol. The highest BCUT2D eigenvalue weighted by atomic mass is 16.5. The molecule has 1 fully saturated rings. The van der Waals surface area contributed by atoms with E-state index in [4.69, 9.17) is 4.74 Å². The van der Waals surface area contributed by atoms with Crippen molar-refractivity contribution in [2.75, 3.05) is 26.3 Å². The first-order valence-electron chi connectivity index (χ1n) is 7.90. The molecule has 0 unspecified atom stereocenters. The zero-order valence-electron chi connectivity index (χ0n) is 12.7. The summed E-state index contributed by atoms with van der Waals surface area (Å²) in [4.78, 5) is 14.3. The maximum Gasteiger partial charge on any atom is 0.220 e. The second-order valence-electron chi connectivity index (χ2n) is 5.74.